The first-order chi connectivity index (χ1) is 6.91. The van der Waals surface area contributed by atoms with Crippen LogP contribution in [0.4, 0.5) is 13.2 Å². The first-order valence-corrected chi connectivity index (χ1v) is 4.43. The summed E-state index contributed by atoms with van der Waals surface area (Å²) in [6.45, 7) is 1.10. The van der Waals surface area contributed by atoms with E-state index in [2.05, 4.69) is 5.32 Å². The minimum atomic E-state index is -4.59. The van der Waals surface area contributed by atoms with Gasteiger partial charge in [0.25, 0.3) is 0 Å². The van der Waals surface area contributed by atoms with Gasteiger partial charge in [-0.15, -0.1) is 0 Å². The fourth-order valence-corrected chi connectivity index (χ4v) is 1.04. The standard InChI is InChI=1S/C9H12F3NO2/c1-6(7-3-2-4-15-7)13-5-8(14)9(10,11)12/h2-4,6,8,13-14H,5H2,1H3. The summed E-state index contributed by atoms with van der Waals surface area (Å²) in [7, 11) is 0. The van der Waals surface area contributed by atoms with E-state index in [9.17, 15) is 13.2 Å². The summed E-state index contributed by atoms with van der Waals surface area (Å²) < 4.78 is 40.8. The highest BCUT2D eigenvalue weighted by molar-refractivity contribution is 5.02. The minimum absolute atomic E-state index is 0.364. The van der Waals surface area contributed by atoms with Gasteiger partial charge < -0.3 is 14.8 Å². The average Bonchev–Trinajstić information content (AvgIpc) is 2.64. The van der Waals surface area contributed by atoms with Gasteiger partial charge in [-0.2, -0.15) is 13.2 Å². The number of nitrogens with one attached hydrogen (secondary N) is 1. The molecule has 1 aromatic heterocycles. The molecule has 1 aromatic rings. The molecule has 0 aliphatic heterocycles. The Kier molecular flexibility index (Phi) is 3.76. The zero-order valence-corrected chi connectivity index (χ0v) is 8.08. The summed E-state index contributed by atoms with van der Waals surface area (Å²) in [4.78, 5) is 0. The number of aliphatic hydroxyl groups excluding tert-OH is 1. The first kappa shape index (κ1) is 12.1. The number of aliphatic hydroxyl groups is 1. The molecule has 15 heavy (non-hydrogen) atoms. The SMILES string of the molecule is CC(NCC(O)C(F)(F)F)c1ccco1. The van der Waals surface area contributed by atoms with E-state index >= 15 is 0 Å². The Morgan fingerprint density at radius 2 is 2.20 bits per heavy atom. The third-order valence-corrected chi connectivity index (χ3v) is 1.97. The molecule has 3 nitrogen and oxygen atoms in total. The molecule has 86 valence electrons. The quantitative estimate of drug-likeness (QED) is 0.818. The summed E-state index contributed by atoms with van der Waals surface area (Å²) in [5.74, 6) is 0.532. The van der Waals surface area contributed by atoms with Crippen LogP contribution in [-0.2, 0) is 0 Å². The summed E-state index contributed by atoms with van der Waals surface area (Å²) in [5.41, 5.74) is 0. The zero-order valence-electron chi connectivity index (χ0n) is 8.08. The maximum atomic E-state index is 11.9. The van der Waals surface area contributed by atoms with Crippen molar-refractivity contribution in [1.29, 1.82) is 0 Å². The fourth-order valence-electron chi connectivity index (χ4n) is 1.04. The van der Waals surface area contributed by atoms with Crippen molar-refractivity contribution in [3.05, 3.63) is 24.2 Å². The molecule has 0 radical (unpaired) electrons. The summed E-state index contributed by atoms with van der Waals surface area (Å²) in [6.07, 6.45) is -5.50. The van der Waals surface area contributed by atoms with Gasteiger partial charge in [-0.25, -0.2) is 0 Å². The molecule has 0 amide bonds. The van der Waals surface area contributed by atoms with Gasteiger partial charge in [-0.1, -0.05) is 0 Å². The maximum Gasteiger partial charge on any atom is 0.415 e. The van der Waals surface area contributed by atoms with Crippen molar-refractivity contribution in [1.82, 2.24) is 5.32 Å². The van der Waals surface area contributed by atoms with Crippen LogP contribution >= 0.6 is 0 Å². The number of hydrogen-bond donors (Lipinski definition) is 2. The molecule has 0 saturated heterocycles. The van der Waals surface area contributed by atoms with Crippen molar-refractivity contribution in [3.63, 3.8) is 0 Å². The summed E-state index contributed by atoms with van der Waals surface area (Å²) >= 11 is 0. The van der Waals surface area contributed by atoms with Gasteiger partial charge in [-0.3, -0.25) is 0 Å². The van der Waals surface area contributed by atoms with Crippen molar-refractivity contribution < 1.29 is 22.7 Å². The van der Waals surface area contributed by atoms with Gasteiger partial charge in [0.05, 0.1) is 12.3 Å². The van der Waals surface area contributed by atoms with Crippen molar-refractivity contribution in [3.8, 4) is 0 Å². The smallest absolute Gasteiger partial charge is 0.415 e. The molecule has 0 fully saturated rings. The summed E-state index contributed by atoms with van der Waals surface area (Å²) in [5, 5.41) is 11.2. The van der Waals surface area contributed by atoms with Crippen LogP contribution in [0.5, 0.6) is 0 Å². The monoisotopic (exact) mass is 223 g/mol. The molecule has 0 aliphatic carbocycles. The third kappa shape index (κ3) is 3.56. The van der Waals surface area contributed by atoms with Gasteiger partial charge in [-0.05, 0) is 19.1 Å². The average molecular weight is 223 g/mol. The third-order valence-electron chi connectivity index (χ3n) is 1.97. The molecule has 1 rings (SSSR count). The second-order valence-electron chi connectivity index (χ2n) is 3.20. The summed E-state index contributed by atoms with van der Waals surface area (Å²) in [6, 6.07) is 2.93. The van der Waals surface area contributed by atoms with Crippen LogP contribution in [0.1, 0.15) is 18.7 Å². The highest BCUT2D eigenvalue weighted by Crippen LogP contribution is 2.20. The Labute approximate surface area is 84.9 Å². The van der Waals surface area contributed by atoms with Crippen LogP contribution in [0, 0.1) is 0 Å². The molecule has 2 atom stereocenters. The predicted octanol–water partition coefficient (Wildman–Crippen LogP) is 1.85. The van der Waals surface area contributed by atoms with Crippen LogP contribution in [0.15, 0.2) is 22.8 Å². The van der Waals surface area contributed by atoms with Crippen molar-refractivity contribution in [2.24, 2.45) is 0 Å². The van der Waals surface area contributed by atoms with Crippen molar-refractivity contribution >= 4 is 0 Å². The highest BCUT2D eigenvalue weighted by atomic mass is 19.4. The molecular formula is C9H12F3NO2. The molecule has 0 aliphatic rings. The van der Waals surface area contributed by atoms with Gasteiger partial charge >= 0.3 is 6.18 Å². The lowest BCUT2D eigenvalue weighted by Gasteiger charge is -2.17. The van der Waals surface area contributed by atoms with E-state index in [1.54, 1.807) is 19.1 Å². The Bertz CT molecular complexity index is 284. The number of hydrogen-bond acceptors (Lipinski definition) is 3. The Balaban J connectivity index is 2.38. The number of halogens is 3. The van der Waals surface area contributed by atoms with Crippen molar-refractivity contribution in [2.45, 2.75) is 25.2 Å². The molecule has 0 bridgehead atoms. The topological polar surface area (TPSA) is 45.4 Å². The highest BCUT2D eigenvalue weighted by Gasteiger charge is 2.38. The van der Waals surface area contributed by atoms with E-state index < -0.39 is 18.8 Å². The van der Waals surface area contributed by atoms with E-state index in [1.807, 2.05) is 0 Å². The van der Waals surface area contributed by atoms with Crippen molar-refractivity contribution in [2.75, 3.05) is 6.54 Å². The second kappa shape index (κ2) is 4.67. The molecule has 0 saturated carbocycles. The molecule has 2 N–H and O–H groups in total. The van der Waals surface area contributed by atoms with Crippen LogP contribution in [-0.4, -0.2) is 23.9 Å². The van der Waals surface area contributed by atoms with E-state index in [-0.39, 0.29) is 6.04 Å². The fraction of sp³-hybridized carbons (Fsp3) is 0.556. The normalized spacial score (nSPS) is 16.3. The first-order valence-electron chi connectivity index (χ1n) is 4.43. The molecular weight excluding hydrogens is 211 g/mol. The Morgan fingerprint density at radius 3 is 2.67 bits per heavy atom. The lowest BCUT2D eigenvalue weighted by molar-refractivity contribution is -0.202. The predicted molar refractivity (Wildman–Crippen MR) is 47.2 cm³/mol. The number of rotatable bonds is 4. The number of alkyl halides is 3. The Hall–Kier alpha value is -1.01. The van der Waals surface area contributed by atoms with E-state index in [0.717, 1.165) is 0 Å². The van der Waals surface area contributed by atoms with E-state index in [4.69, 9.17) is 9.52 Å². The van der Waals surface area contributed by atoms with Gasteiger partial charge in [0.1, 0.15) is 5.76 Å². The molecule has 6 heteroatoms. The molecule has 1 heterocycles. The minimum Gasteiger partial charge on any atom is -0.468 e. The molecule has 0 aromatic carbocycles. The molecule has 2 unspecified atom stereocenters. The largest absolute Gasteiger partial charge is 0.468 e. The van der Waals surface area contributed by atoms with Crippen LogP contribution in [0.25, 0.3) is 0 Å². The van der Waals surface area contributed by atoms with Crippen LogP contribution < -0.4 is 5.32 Å². The lowest BCUT2D eigenvalue weighted by Crippen LogP contribution is -2.39. The molecule has 0 spiro atoms. The number of furan rings is 1. The zero-order chi connectivity index (χ0) is 11.5. The van der Waals surface area contributed by atoms with Crippen LogP contribution in [0.2, 0.25) is 0 Å². The van der Waals surface area contributed by atoms with Gasteiger partial charge in [0.2, 0.25) is 0 Å². The maximum absolute atomic E-state index is 11.9. The van der Waals surface area contributed by atoms with Gasteiger partial charge in [0.15, 0.2) is 6.10 Å². The second-order valence-corrected chi connectivity index (χ2v) is 3.20. The van der Waals surface area contributed by atoms with E-state index in [1.165, 1.54) is 6.26 Å². The lowest BCUT2D eigenvalue weighted by atomic mass is 10.2. The van der Waals surface area contributed by atoms with Crippen LogP contribution in [0.3, 0.4) is 0 Å². The van der Waals surface area contributed by atoms with E-state index in [0.29, 0.717) is 5.76 Å². The Morgan fingerprint density at radius 1 is 1.53 bits per heavy atom. The van der Waals surface area contributed by atoms with Gasteiger partial charge in [0, 0.05) is 6.54 Å².